The molecule has 0 saturated heterocycles. The molecule has 20 heavy (non-hydrogen) atoms. The summed E-state index contributed by atoms with van der Waals surface area (Å²) in [6.45, 7) is 2.77. The van der Waals surface area contributed by atoms with E-state index in [0.29, 0.717) is 18.2 Å². The van der Waals surface area contributed by atoms with E-state index >= 15 is 0 Å². The molecule has 1 atom stereocenters. The number of nitrogens with two attached hydrogens (primary N) is 1. The van der Waals surface area contributed by atoms with Crippen LogP contribution >= 0.6 is 11.8 Å². The molecule has 0 spiro atoms. The van der Waals surface area contributed by atoms with Gasteiger partial charge in [-0.05, 0) is 43.5 Å². The summed E-state index contributed by atoms with van der Waals surface area (Å²) in [4.78, 5) is 2.20. The summed E-state index contributed by atoms with van der Waals surface area (Å²) in [5.41, 5.74) is 6.72. The van der Waals surface area contributed by atoms with Crippen LogP contribution in [-0.2, 0) is 6.54 Å². The van der Waals surface area contributed by atoms with Crippen molar-refractivity contribution >= 4 is 17.6 Å². The second kappa shape index (κ2) is 8.11. The summed E-state index contributed by atoms with van der Waals surface area (Å²) in [6, 6.07) is 4.94. The standard InChI is InChI=1S/C14H22FN3OS/c1-4-13(9-20-3)18(2)8-10-5-11(14(16)17-19)7-12(15)6-10/h5-7,13,19H,4,8-9H2,1-3H3,(H2,16,17). The highest BCUT2D eigenvalue weighted by atomic mass is 32.2. The molecule has 0 amide bonds. The van der Waals surface area contributed by atoms with Gasteiger partial charge in [0.2, 0.25) is 0 Å². The zero-order valence-electron chi connectivity index (χ0n) is 12.1. The Labute approximate surface area is 123 Å². The van der Waals surface area contributed by atoms with E-state index in [-0.39, 0.29) is 11.7 Å². The van der Waals surface area contributed by atoms with E-state index in [1.54, 1.807) is 17.8 Å². The van der Waals surface area contributed by atoms with Crippen molar-refractivity contribution in [1.82, 2.24) is 4.90 Å². The normalized spacial score (nSPS) is 13.8. The number of hydrogen-bond donors (Lipinski definition) is 2. The number of oxime groups is 1. The average molecular weight is 299 g/mol. The predicted molar refractivity (Wildman–Crippen MR) is 82.8 cm³/mol. The van der Waals surface area contributed by atoms with Gasteiger partial charge < -0.3 is 10.9 Å². The van der Waals surface area contributed by atoms with Gasteiger partial charge in [0.25, 0.3) is 0 Å². The predicted octanol–water partition coefficient (Wildman–Crippen LogP) is 2.49. The number of nitrogens with zero attached hydrogens (tertiary/aromatic N) is 2. The third kappa shape index (κ3) is 4.68. The SMILES string of the molecule is CCC(CSC)N(C)Cc1cc(F)cc(/C(N)=N/O)c1. The Hall–Kier alpha value is -1.27. The number of rotatable bonds is 7. The van der Waals surface area contributed by atoms with Gasteiger partial charge in [-0.1, -0.05) is 12.1 Å². The van der Waals surface area contributed by atoms with Crippen molar-refractivity contribution in [3.05, 3.63) is 35.1 Å². The Bertz CT molecular complexity index is 468. The van der Waals surface area contributed by atoms with Crippen molar-refractivity contribution < 1.29 is 9.60 Å². The fourth-order valence-corrected chi connectivity index (χ4v) is 2.99. The average Bonchev–Trinajstić information content (AvgIpc) is 2.42. The summed E-state index contributed by atoms with van der Waals surface area (Å²) in [5, 5.41) is 11.6. The van der Waals surface area contributed by atoms with E-state index in [4.69, 9.17) is 10.9 Å². The Balaban J connectivity index is 2.89. The zero-order chi connectivity index (χ0) is 15.1. The Kier molecular flexibility index (Phi) is 6.81. The fourth-order valence-electron chi connectivity index (χ4n) is 2.11. The van der Waals surface area contributed by atoms with Crippen molar-refractivity contribution in [2.45, 2.75) is 25.9 Å². The third-order valence-electron chi connectivity index (χ3n) is 3.25. The molecule has 0 aromatic heterocycles. The van der Waals surface area contributed by atoms with Crippen LogP contribution in [0.1, 0.15) is 24.5 Å². The maximum Gasteiger partial charge on any atom is 0.170 e. The van der Waals surface area contributed by atoms with Crippen LogP contribution < -0.4 is 5.73 Å². The van der Waals surface area contributed by atoms with Crippen LogP contribution in [0.4, 0.5) is 4.39 Å². The molecule has 4 nitrogen and oxygen atoms in total. The molecular weight excluding hydrogens is 277 g/mol. The zero-order valence-corrected chi connectivity index (χ0v) is 13.0. The lowest BCUT2D eigenvalue weighted by Gasteiger charge is -2.26. The molecule has 0 radical (unpaired) electrons. The van der Waals surface area contributed by atoms with Crippen molar-refractivity contribution in [2.75, 3.05) is 19.1 Å². The third-order valence-corrected chi connectivity index (χ3v) is 3.96. The second-order valence-corrected chi connectivity index (χ2v) is 5.68. The van der Waals surface area contributed by atoms with Gasteiger partial charge in [-0.15, -0.1) is 0 Å². The molecule has 0 saturated carbocycles. The first-order valence-corrected chi connectivity index (χ1v) is 7.87. The Morgan fingerprint density at radius 3 is 2.75 bits per heavy atom. The van der Waals surface area contributed by atoms with Crippen LogP contribution in [0.3, 0.4) is 0 Å². The van der Waals surface area contributed by atoms with Crippen LogP contribution in [0.2, 0.25) is 0 Å². The maximum absolute atomic E-state index is 13.6. The first-order chi connectivity index (χ1) is 9.51. The highest BCUT2D eigenvalue weighted by Gasteiger charge is 2.13. The van der Waals surface area contributed by atoms with Crippen molar-refractivity contribution in [3.63, 3.8) is 0 Å². The van der Waals surface area contributed by atoms with Gasteiger partial charge in [-0.25, -0.2) is 4.39 Å². The van der Waals surface area contributed by atoms with E-state index in [1.807, 2.05) is 7.05 Å². The summed E-state index contributed by atoms with van der Waals surface area (Å²) in [6.07, 6.45) is 3.12. The van der Waals surface area contributed by atoms with E-state index in [2.05, 4.69) is 23.2 Å². The molecule has 112 valence electrons. The highest BCUT2D eigenvalue weighted by molar-refractivity contribution is 7.98. The molecule has 0 heterocycles. The lowest BCUT2D eigenvalue weighted by atomic mass is 10.1. The van der Waals surface area contributed by atoms with Gasteiger partial charge in [0.1, 0.15) is 5.82 Å². The largest absolute Gasteiger partial charge is 0.409 e. The number of halogens is 1. The van der Waals surface area contributed by atoms with Crippen LogP contribution in [0.15, 0.2) is 23.4 Å². The van der Waals surface area contributed by atoms with E-state index in [1.165, 1.54) is 12.1 Å². The van der Waals surface area contributed by atoms with E-state index in [9.17, 15) is 4.39 Å². The summed E-state index contributed by atoms with van der Waals surface area (Å²) in [5.74, 6) is 0.579. The maximum atomic E-state index is 13.6. The Morgan fingerprint density at radius 1 is 1.50 bits per heavy atom. The van der Waals surface area contributed by atoms with Gasteiger partial charge >= 0.3 is 0 Å². The molecule has 0 bridgehead atoms. The summed E-state index contributed by atoms with van der Waals surface area (Å²) in [7, 11) is 2.03. The molecule has 6 heteroatoms. The quantitative estimate of drug-likeness (QED) is 0.351. The molecule has 0 aliphatic carbocycles. The molecular formula is C14H22FN3OS. The first kappa shape index (κ1) is 16.8. The molecule has 3 N–H and O–H groups in total. The minimum absolute atomic E-state index is 0.0791. The minimum atomic E-state index is -0.379. The molecule has 1 unspecified atom stereocenters. The van der Waals surface area contributed by atoms with Gasteiger partial charge in [-0.3, -0.25) is 4.90 Å². The van der Waals surface area contributed by atoms with Gasteiger partial charge in [0, 0.05) is 23.9 Å². The number of amidine groups is 1. The van der Waals surface area contributed by atoms with Crippen LogP contribution in [-0.4, -0.2) is 41.0 Å². The lowest BCUT2D eigenvalue weighted by molar-refractivity contribution is 0.247. The second-order valence-electron chi connectivity index (χ2n) is 4.77. The first-order valence-electron chi connectivity index (χ1n) is 6.48. The highest BCUT2D eigenvalue weighted by Crippen LogP contribution is 2.15. The van der Waals surface area contributed by atoms with Crippen molar-refractivity contribution in [3.8, 4) is 0 Å². The molecule has 1 aromatic carbocycles. The number of thioether (sulfide) groups is 1. The van der Waals surface area contributed by atoms with E-state index < -0.39 is 0 Å². The van der Waals surface area contributed by atoms with Crippen molar-refractivity contribution in [2.24, 2.45) is 10.9 Å². The molecule has 0 aliphatic rings. The monoisotopic (exact) mass is 299 g/mol. The van der Waals surface area contributed by atoms with Crippen LogP contribution in [0.5, 0.6) is 0 Å². The number of hydrogen-bond acceptors (Lipinski definition) is 4. The topological polar surface area (TPSA) is 61.8 Å². The molecule has 1 aromatic rings. The number of benzene rings is 1. The molecule has 1 rings (SSSR count). The smallest absolute Gasteiger partial charge is 0.170 e. The van der Waals surface area contributed by atoms with Crippen LogP contribution in [0, 0.1) is 5.82 Å². The van der Waals surface area contributed by atoms with Gasteiger partial charge in [0.05, 0.1) is 0 Å². The summed E-state index contributed by atoms with van der Waals surface area (Å²) >= 11 is 1.80. The van der Waals surface area contributed by atoms with E-state index in [0.717, 1.165) is 17.7 Å². The van der Waals surface area contributed by atoms with Crippen LogP contribution in [0.25, 0.3) is 0 Å². The van der Waals surface area contributed by atoms with Gasteiger partial charge in [-0.2, -0.15) is 11.8 Å². The minimum Gasteiger partial charge on any atom is -0.409 e. The lowest BCUT2D eigenvalue weighted by Crippen LogP contribution is -2.32. The fraction of sp³-hybridized carbons (Fsp3) is 0.500. The molecule has 0 fully saturated rings. The molecule has 0 aliphatic heterocycles. The Morgan fingerprint density at radius 2 is 2.20 bits per heavy atom. The van der Waals surface area contributed by atoms with Crippen molar-refractivity contribution in [1.29, 1.82) is 0 Å². The summed E-state index contributed by atoms with van der Waals surface area (Å²) < 4.78 is 13.6. The van der Waals surface area contributed by atoms with Gasteiger partial charge in [0.15, 0.2) is 5.84 Å².